The van der Waals surface area contributed by atoms with E-state index in [2.05, 4.69) is 16.4 Å². The molecular formula is C9H7NS. The molecule has 0 N–H and O–H groups in total. The van der Waals surface area contributed by atoms with Crippen LogP contribution in [0.3, 0.4) is 0 Å². The SMILES string of the molecule is [c]1cccs1.[c]1ccncc1. The zero-order valence-corrected chi connectivity index (χ0v) is 6.71. The Labute approximate surface area is 70.4 Å². The highest BCUT2D eigenvalue weighted by Gasteiger charge is 1.60. The van der Waals surface area contributed by atoms with Gasteiger partial charge in [0.15, 0.2) is 0 Å². The third kappa shape index (κ3) is 4.28. The lowest BCUT2D eigenvalue weighted by Gasteiger charge is -1.69. The zero-order valence-electron chi connectivity index (χ0n) is 5.90. The van der Waals surface area contributed by atoms with Gasteiger partial charge in [-0.15, -0.1) is 11.3 Å². The van der Waals surface area contributed by atoms with Crippen molar-refractivity contribution in [1.82, 2.24) is 4.98 Å². The highest BCUT2D eigenvalue weighted by Crippen LogP contribution is 1.90. The maximum atomic E-state index is 3.75. The third-order valence-corrected chi connectivity index (χ3v) is 1.46. The first-order valence-electron chi connectivity index (χ1n) is 3.16. The number of pyridine rings is 1. The summed E-state index contributed by atoms with van der Waals surface area (Å²) in [6, 6.07) is 10.2. The Balaban J connectivity index is 0.000000112. The van der Waals surface area contributed by atoms with Gasteiger partial charge in [-0.1, -0.05) is 6.07 Å². The quantitative estimate of drug-likeness (QED) is 0.578. The largest absolute Gasteiger partial charge is 0.265 e. The van der Waals surface area contributed by atoms with Crippen LogP contribution in [0.25, 0.3) is 0 Å². The molecule has 0 fully saturated rings. The van der Waals surface area contributed by atoms with Crippen LogP contribution in [0.5, 0.6) is 0 Å². The van der Waals surface area contributed by atoms with Crippen LogP contribution in [0, 0.1) is 11.4 Å². The summed E-state index contributed by atoms with van der Waals surface area (Å²) in [4.78, 5) is 3.75. The molecule has 0 saturated carbocycles. The molecule has 1 nitrogen and oxygen atoms in total. The fourth-order valence-corrected chi connectivity index (χ4v) is 0.867. The molecule has 0 saturated heterocycles. The minimum atomic E-state index is 1.59. The molecule has 2 heteroatoms. The molecule has 0 spiro atoms. The van der Waals surface area contributed by atoms with Crippen molar-refractivity contribution in [1.29, 1.82) is 0 Å². The summed E-state index contributed by atoms with van der Waals surface area (Å²) in [6.45, 7) is 0. The van der Waals surface area contributed by atoms with Gasteiger partial charge >= 0.3 is 0 Å². The average Bonchev–Trinajstić information content (AvgIpc) is 2.64. The molecule has 0 unspecified atom stereocenters. The monoisotopic (exact) mass is 161 g/mol. The van der Waals surface area contributed by atoms with E-state index >= 15 is 0 Å². The average molecular weight is 161 g/mol. The fourth-order valence-electron chi connectivity index (χ4n) is 0.474. The molecule has 54 valence electrons. The van der Waals surface area contributed by atoms with E-state index in [0.717, 1.165) is 0 Å². The Morgan fingerprint density at radius 1 is 1.09 bits per heavy atom. The number of aromatic nitrogens is 1. The summed E-state index contributed by atoms with van der Waals surface area (Å²) in [5.41, 5.74) is 0. The van der Waals surface area contributed by atoms with Gasteiger partial charge < -0.3 is 0 Å². The standard InChI is InChI=1S/C5H4N.C4H3S/c1-2-4-6-5-3-1;1-2-4-5-3-1/h2-5H;1-3H. The second-order valence-electron chi connectivity index (χ2n) is 1.68. The summed E-state index contributed by atoms with van der Waals surface area (Å²) in [5.74, 6) is 0. The molecule has 2 rings (SSSR count). The fraction of sp³-hybridized carbons (Fsp3) is 0. The van der Waals surface area contributed by atoms with E-state index in [0.29, 0.717) is 0 Å². The number of hydrogen-bond acceptors (Lipinski definition) is 2. The molecule has 2 aromatic heterocycles. The van der Waals surface area contributed by atoms with Crippen molar-refractivity contribution < 1.29 is 0 Å². The summed E-state index contributed by atoms with van der Waals surface area (Å²) in [7, 11) is 0. The van der Waals surface area contributed by atoms with Crippen LogP contribution < -0.4 is 0 Å². The molecule has 11 heavy (non-hydrogen) atoms. The van der Waals surface area contributed by atoms with Crippen molar-refractivity contribution in [3.8, 4) is 0 Å². The predicted octanol–water partition coefficient (Wildman–Crippen LogP) is 2.43. The maximum absolute atomic E-state index is 3.75. The highest BCUT2D eigenvalue weighted by atomic mass is 32.1. The molecule has 0 amide bonds. The van der Waals surface area contributed by atoms with Crippen LogP contribution in [0.2, 0.25) is 0 Å². The smallest absolute Gasteiger partial charge is 0.0442 e. The lowest BCUT2D eigenvalue weighted by Crippen LogP contribution is -1.59. The first kappa shape index (κ1) is 7.95. The van der Waals surface area contributed by atoms with Gasteiger partial charge in [-0.05, 0) is 29.6 Å². The van der Waals surface area contributed by atoms with Crippen LogP contribution in [0.15, 0.2) is 42.0 Å². The third-order valence-electron chi connectivity index (χ3n) is 0.893. The van der Waals surface area contributed by atoms with E-state index in [4.69, 9.17) is 0 Å². The van der Waals surface area contributed by atoms with Crippen molar-refractivity contribution in [3.05, 3.63) is 53.5 Å². The molecule has 0 atom stereocenters. The van der Waals surface area contributed by atoms with Gasteiger partial charge in [0.25, 0.3) is 0 Å². The molecule has 0 bridgehead atoms. The lowest BCUT2D eigenvalue weighted by atomic mass is 10.5. The topological polar surface area (TPSA) is 12.9 Å². The minimum absolute atomic E-state index is 1.59. The van der Waals surface area contributed by atoms with Crippen molar-refractivity contribution in [2.75, 3.05) is 0 Å². The highest BCUT2D eigenvalue weighted by molar-refractivity contribution is 7.07. The molecule has 0 aliphatic heterocycles. The van der Waals surface area contributed by atoms with E-state index in [9.17, 15) is 0 Å². The van der Waals surface area contributed by atoms with Gasteiger partial charge in [0, 0.05) is 17.8 Å². The second kappa shape index (κ2) is 5.62. The van der Waals surface area contributed by atoms with Gasteiger partial charge in [-0.2, -0.15) is 0 Å². The van der Waals surface area contributed by atoms with Crippen LogP contribution in [0.4, 0.5) is 0 Å². The Morgan fingerprint density at radius 3 is 2.09 bits per heavy atom. The first-order chi connectivity index (χ1) is 5.50. The molecule has 2 radical (unpaired) electrons. The maximum Gasteiger partial charge on any atom is 0.0442 e. The normalized spacial score (nSPS) is 8.00. The van der Waals surface area contributed by atoms with Gasteiger partial charge in [0.1, 0.15) is 0 Å². The Kier molecular flexibility index (Phi) is 4.06. The van der Waals surface area contributed by atoms with Crippen molar-refractivity contribution in [2.45, 2.75) is 0 Å². The number of thiophene rings is 1. The van der Waals surface area contributed by atoms with Gasteiger partial charge in [-0.3, -0.25) is 4.98 Å². The van der Waals surface area contributed by atoms with Crippen LogP contribution >= 0.6 is 11.3 Å². The minimum Gasteiger partial charge on any atom is -0.265 e. The molecule has 0 aliphatic carbocycles. The van der Waals surface area contributed by atoms with E-state index in [1.54, 1.807) is 35.9 Å². The Hall–Kier alpha value is -1.15. The summed E-state index contributed by atoms with van der Waals surface area (Å²) in [5, 5.41) is 4.89. The Bertz CT molecular complexity index is 195. The number of rotatable bonds is 0. The second-order valence-corrected chi connectivity index (χ2v) is 2.42. The van der Waals surface area contributed by atoms with E-state index in [1.807, 2.05) is 17.5 Å². The molecule has 2 heterocycles. The first-order valence-corrected chi connectivity index (χ1v) is 4.04. The number of hydrogen-bond donors (Lipinski definition) is 0. The Morgan fingerprint density at radius 2 is 1.91 bits per heavy atom. The van der Waals surface area contributed by atoms with Gasteiger partial charge in [0.2, 0.25) is 0 Å². The van der Waals surface area contributed by atoms with Crippen LogP contribution in [-0.2, 0) is 0 Å². The number of nitrogens with zero attached hydrogens (tertiary/aromatic N) is 1. The van der Waals surface area contributed by atoms with Crippen molar-refractivity contribution >= 4 is 11.3 Å². The van der Waals surface area contributed by atoms with Crippen molar-refractivity contribution in [3.63, 3.8) is 0 Å². The van der Waals surface area contributed by atoms with Gasteiger partial charge in [-0.25, -0.2) is 0 Å². The summed E-state index contributed by atoms with van der Waals surface area (Å²) < 4.78 is 0. The molecular weight excluding hydrogens is 154 g/mol. The van der Waals surface area contributed by atoms with Crippen LogP contribution in [-0.4, -0.2) is 4.98 Å². The van der Waals surface area contributed by atoms with E-state index in [-0.39, 0.29) is 0 Å². The van der Waals surface area contributed by atoms with E-state index in [1.165, 1.54) is 0 Å². The van der Waals surface area contributed by atoms with E-state index < -0.39 is 0 Å². The zero-order chi connectivity index (χ0) is 7.78. The lowest BCUT2D eigenvalue weighted by molar-refractivity contribution is 1.33. The molecule has 0 aliphatic rings. The molecule has 0 aromatic carbocycles. The molecule has 2 aromatic rings. The van der Waals surface area contributed by atoms with Crippen LogP contribution in [0.1, 0.15) is 0 Å². The van der Waals surface area contributed by atoms with Crippen molar-refractivity contribution in [2.24, 2.45) is 0 Å². The van der Waals surface area contributed by atoms with Gasteiger partial charge in [0.05, 0.1) is 0 Å². The predicted molar refractivity (Wildman–Crippen MR) is 46.2 cm³/mol. The summed E-state index contributed by atoms with van der Waals surface area (Å²) in [6.07, 6.45) is 3.39. The summed E-state index contributed by atoms with van der Waals surface area (Å²) >= 11 is 1.59.